The third-order valence-electron chi connectivity index (χ3n) is 3.33. The van der Waals surface area contributed by atoms with Gasteiger partial charge in [0.05, 0.1) is 25.7 Å². The summed E-state index contributed by atoms with van der Waals surface area (Å²) in [4.78, 5) is 36.0. The third-order valence-corrected chi connectivity index (χ3v) is 5.40. The molecule has 1 amide bonds. The molecule has 0 aliphatic heterocycles. The minimum Gasteiger partial charge on any atom is -0.468 e. The maximum atomic E-state index is 12.5. The minimum absolute atomic E-state index is 0.0512. The second kappa shape index (κ2) is 9.51. The van der Waals surface area contributed by atoms with Crippen LogP contribution in [0.5, 0.6) is 0 Å². The van der Waals surface area contributed by atoms with Crippen LogP contribution < -0.4 is 0 Å². The number of halogens is 1. The van der Waals surface area contributed by atoms with Gasteiger partial charge in [0.1, 0.15) is 13.1 Å². The fraction of sp³-hybridized carbons (Fsp3) is 0.400. The van der Waals surface area contributed by atoms with Gasteiger partial charge in [0.25, 0.3) is 0 Å². The van der Waals surface area contributed by atoms with E-state index in [2.05, 4.69) is 9.47 Å². The number of sulfonamides is 1. The van der Waals surface area contributed by atoms with E-state index in [9.17, 15) is 22.8 Å². The van der Waals surface area contributed by atoms with Crippen LogP contribution in [0.25, 0.3) is 0 Å². The summed E-state index contributed by atoms with van der Waals surface area (Å²) in [6.45, 7) is -1.61. The highest BCUT2D eigenvalue weighted by molar-refractivity contribution is 7.89. The van der Waals surface area contributed by atoms with Crippen molar-refractivity contribution in [3.05, 3.63) is 29.3 Å². The summed E-state index contributed by atoms with van der Waals surface area (Å²) in [6.07, 6.45) is 0. The Morgan fingerprint density at radius 3 is 1.85 bits per heavy atom. The van der Waals surface area contributed by atoms with Crippen LogP contribution in [0.15, 0.2) is 29.2 Å². The van der Waals surface area contributed by atoms with E-state index in [1.807, 2.05) is 0 Å². The van der Waals surface area contributed by atoms with Crippen molar-refractivity contribution in [3.8, 4) is 0 Å². The number of rotatable bonds is 8. The van der Waals surface area contributed by atoms with Gasteiger partial charge in [-0.3, -0.25) is 14.4 Å². The second-order valence-corrected chi connectivity index (χ2v) is 7.60. The number of methoxy groups -OCH3 is 2. The topological polar surface area (TPSA) is 110 Å². The van der Waals surface area contributed by atoms with Crippen LogP contribution in [-0.2, 0) is 33.9 Å². The normalized spacial score (nSPS) is 11.1. The van der Waals surface area contributed by atoms with Crippen molar-refractivity contribution < 1.29 is 32.3 Å². The van der Waals surface area contributed by atoms with Crippen molar-refractivity contribution in [1.82, 2.24) is 9.21 Å². The van der Waals surface area contributed by atoms with E-state index in [1.54, 1.807) is 0 Å². The molecule has 0 N–H and O–H groups in total. The highest BCUT2D eigenvalue weighted by Crippen LogP contribution is 2.17. The molecule has 26 heavy (non-hydrogen) atoms. The molecule has 1 aromatic carbocycles. The summed E-state index contributed by atoms with van der Waals surface area (Å²) in [7, 11) is -0.502. The van der Waals surface area contributed by atoms with E-state index in [0.717, 1.165) is 23.4 Å². The molecule has 0 aromatic heterocycles. The van der Waals surface area contributed by atoms with Crippen molar-refractivity contribution in [2.24, 2.45) is 0 Å². The number of likely N-dealkylation sites (N-methyl/N-ethyl adjacent to an activating group) is 1. The molecule has 1 aromatic rings. The van der Waals surface area contributed by atoms with Crippen molar-refractivity contribution in [1.29, 1.82) is 0 Å². The Labute approximate surface area is 156 Å². The van der Waals surface area contributed by atoms with Gasteiger partial charge < -0.3 is 14.4 Å². The summed E-state index contributed by atoms with van der Waals surface area (Å²) in [5.41, 5.74) is 0. The first-order valence-corrected chi connectivity index (χ1v) is 9.07. The maximum Gasteiger partial charge on any atom is 0.325 e. The number of carbonyl (C=O) groups is 3. The summed E-state index contributed by atoms with van der Waals surface area (Å²) in [6, 6.07) is 5.43. The predicted molar refractivity (Wildman–Crippen MR) is 91.9 cm³/mol. The van der Waals surface area contributed by atoms with E-state index in [0.29, 0.717) is 5.02 Å². The van der Waals surface area contributed by atoms with Crippen LogP contribution in [0.2, 0.25) is 5.02 Å². The van der Waals surface area contributed by atoms with Crippen LogP contribution in [-0.4, -0.2) is 76.4 Å². The lowest BCUT2D eigenvalue weighted by Gasteiger charge is -2.23. The quantitative estimate of drug-likeness (QED) is 0.564. The monoisotopic (exact) mass is 406 g/mol. The minimum atomic E-state index is -3.96. The molecule has 0 aliphatic rings. The molecule has 0 aliphatic carbocycles. The molecule has 0 saturated carbocycles. The number of nitrogens with zero attached hydrogens (tertiary/aromatic N) is 2. The molecule has 0 fully saturated rings. The van der Waals surface area contributed by atoms with Crippen LogP contribution in [0.3, 0.4) is 0 Å². The molecular weight excluding hydrogens is 388 g/mol. The molecule has 0 spiro atoms. The Hall–Kier alpha value is -2.17. The van der Waals surface area contributed by atoms with E-state index in [-0.39, 0.29) is 4.90 Å². The van der Waals surface area contributed by atoms with Gasteiger partial charge in [0.15, 0.2) is 0 Å². The van der Waals surface area contributed by atoms with Crippen molar-refractivity contribution in [2.45, 2.75) is 4.90 Å². The number of carbonyl (C=O) groups excluding carboxylic acids is 3. The third kappa shape index (κ3) is 5.97. The van der Waals surface area contributed by atoms with Gasteiger partial charge in [-0.2, -0.15) is 4.31 Å². The predicted octanol–water partition coefficient (Wildman–Crippen LogP) is 0.135. The Morgan fingerprint density at radius 2 is 1.42 bits per heavy atom. The highest BCUT2D eigenvalue weighted by Gasteiger charge is 2.27. The number of ether oxygens (including phenoxy) is 2. The molecule has 0 heterocycles. The van der Waals surface area contributed by atoms with Gasteiger partial charge in [-0.25, -0.2) is 8.42 Å². The Kier molecular flexibility index (Phi) is 8.00. The number of esters is 2. The standard InChI is InChI=1S/C15H19ClN2O7S/c1-17(26(22,23)12-6-4-11(16)5-7-12)8-13(19)18(9-14(20)24-2)10-15(21)25-3/h4-7H,8-10H2,1-3H3. The molecule has 11 heteroatoms. The van der Waals surface area contributed by atoms with Crippen molar-refractivity contribution in [2.75, 3.05) is 40.9 Å². The van der Waals surface area contributed by atoms with E-state index in [1.165, 1.54) is 31.3 Å². The summed E-state index contributed by atoms with van der Waals surface area (Å²) in [5.74, 6) is -2.28. The molecule has 144 valence electrons. The zero-order valence-electron chi connectivity index (χ0n) is 14.5. The smallest absolute Gasteiger partial charge is 0.325 e. The number of amides is 1. The Balaban J connectivity index is 2.93. The first kappa shape index (κ1) is 21.9. The molecule has 0 saturated heterocycles. The van der Waals surface area contributed by atoms with Gasteiger partial charge in [-0.05, 0) is 24.3 Å². The average Bonchev–Trinajstić information content (AvgIpc) is 2.60. The zero-order chi connectivity index (χ0) is 19.9. The summed E-state index contributed by atoms with van der Waals surface area (Å²) >= 11 is 5.73. The van der Waals surface area contributed by atoms with E-state index in [4.69, 9.17) is 11.6 Å². The zero-order valence-corrected chi connectivity index (χ0v) is 16.0. The van der Waals surface area contributed by atoms with Gasteiger partial charge >= 0.3 is 11.9 Å². The molecular formula is C15H19ClN2O7S. The molecule has 0 unspecified atom stereocenters. The average molecular weight is 407 g/mol. The van der Waals surface area contributed by atoms with E-state index < -0.39 is 47.5 Å². The van der Waals surface area contributed by atoms with Crippen LogP contribution in [0.1, 0.15) is 0 Å². The van der Waals surface area contributed by atoms with E-state index >= 15 is 0 Å². The first-order valence-electron chi connectivity index (χ1n) is 7.25. The molecule has 0 bridgehead atoms. The SMILES string of the molecule is COC(=O)CN(CC(=O)OC)C(=O)CN(C)S(=O)(=O)c1ccc(Cl)cc1. The molecule has 0 radical (unpaired) electrons. The second-order valence-electron chi connectivity index (χ2n) is 5.12. The highest BCUT2D eigenvalue weighted by atomic mass is 35.5. The largest absolute Gasteiger partial charge is 0.468 e. The first-order chi connectivity index (χ1) is 12.1. The number of benzene rings is 1. The van der Waals surface area contributed by atoms with Crippen molar-refractivity contribution in [3.63, 3.8) is 0 Å². The van der Waals surface area contributed by atoms with Crippen molar-refractivity contribution >= 4 is 39.5 Å². The van der Waals surface area contributed by atoms with Gasteiger partial charge in [0, 0.05) is 12.1 Å². The van der Waals surface area contributed by atoms with Crippen LogP contribution >= 0.6 is 11.6 Å². The van der Waals surface area contributed by atoms with Gasteiger partial charge in [-0.15, -0.1) is 0 Å². The molecule has 9 nitrogen and oxygen atoms in total. The Bertz CT molecular complexity index is 747. The van der Waals surface area contributed by atoms with Gasteiger partial charge in [-0.1, -0.05) is 11.6 Å². The lowest BCUT2D eigenvalue weighted by atomic mass is 10.4. The fourth-order valence-corrected chi connectivity index (χ4v) is 3.08. The number of hydrogen-bond acceptors (Lipinski definition) is 7. The Morgan fingerprint density at radius 1 is 0.962 bits per heavy atom. The lowest BCUT2D eigenvalue weighted by molar-refractivity contribution is -0.152. The lowest BCUT2D eigenvalue weighted by Crippen LogP contribution is -2.45. The number of hydrogen-bond donors (Lipinski definition) is 0. The molecule has 1 rings (SSSR count). The van der Waals surface area contributed by atoms with Gasteiger partial charge in [0.2, 0.25) is 15.9 Å². The molecule has 0 atom stereocenters. The fourth-order valence-electron chi connectivity index (χ4n) is 1.83. The van der Waals surface area contributed by atoms with Crippen LogP contribution in [0.4, 0.5) is 0 Å². The maximum absolute atomic E-state index is 12.5. The summed E-state index contributed by atoms with van der Waals surface area (Å²) in [5, 5.41) is 0.366. The van der Waals surface area contributed by atoms with Crippen LogP contribution in [0, 0.1) is 0 Å². The summed E-state index contributed by atoms with van der Waals surface area (Å²) < 4.78 is 34.7.